The minimum absolute atomic E-state index is 0.107. The van der Waals surface area contributed by atoms with E-state index in [9.17, 15) is 18.0 Å². The van der Waals surface area contributed by atoms with Gasteiger partial charge >= 0.3 is 5.97 Å². The number of benzene rings is 1. The predicted molar refractivity (Wildman–Crippen MR) is 85.0 cm³/mol. The topological polar surface area (TPSA) is 91.8 Å². The number of likely N-dealkylation sites (tertiary alicyclic amines) is 1. The van der Waals surface area contributed by atoms with Crippen molar-refractivity contribution in [3.8, 4) is 0 Å². The van der Waals surface area contributed by atoms with Gasteiger partial charge < -0.3 is 10.0 Å². The van der Waals surface area contributed by atoms with Crippen LogP contribution in [0.3, 0.4) is 0 Å². The molecule has 0 aliphatic carbocycles. The number of carbonyl (C=O) groups is 2. The predicted octanol–water partition coefficient (Wildman–Crippen LogP) is 1.81. The Morgan fingerprint density at radius 3 is 2.74 bits per heavy atom. The first-order chi connectivity index (χ1) is 10.8. The van der Waals surface area contributed by atoms with Crippen LogP contribution in [-0.4, -0.2) is 49.6 Å². The van der Waals surface area contributed by atoms with E-state index in [2.05, 4.69) is 0 Å². The molecule has 1 fully saturated rings. The summed E-state index contributed by atoms with van der Waals surface area (Å²) in [5, 5.41) is 8.77. The van der Waals surface area contributed by atoms with Crippen LogP contribution >= 0.6 is 0 Å². The molecule has 7 heteroatoms. The summed E-state index contributed by atoms with van der Waals surface area (Å²) in [7, 11) is -3.35. The summed E-state index contributed by atoms with van der Waals surface area (Å²) < 4.78 is 23.2. The molecule has 1 atom stereocenters. The Hall–Kier alpha value is -1.89. The van der Waals surface area contributed by atoms with Crippen LogP contribution in [0.15, 0.2) is 29.2 Å². The van der Waals surface area contributed by atoms with Gasteiger partial charge in [-0.05, 0) is 43.4 Å². The average Bonchev–Trinajstić information content (AvgIpc) is 2.52. The van der Waals surface area contributed by atoms with E-state index in [1.165, 1.54) is 12.1 Å². The Morgan fingerprint density at radius 1 is 1.35 bits per heavy atom. The molecular formula is C16H21NO5S. The molecule has 0 saturated carbocycles. The second-order valence-corrected chi connectivity index (χ2v) is 8.01. The molecule has 1 aliphatic rings. The normalized spacial score (nSPS) is 18.7. The van der Waals surface area contributed by atoms with Crippen LogP contribution in [0.5, 0.6) is 0 Å². The summed E-state index contributed by atoms with van der Waals surface area (Å²) in [5.41, 5.74) is 0.354. The van der Waals surface area contributed by atoms with E-state index >= 15 is 0 Å². The van der Waals surface area contributed by atoms with Gasteiger partial charge in [-0.15, -0.1) is 0 Å². The number of amides is 1. The monoisotopic (exact) mass is 339 g/mol. The van der Waals surface area contributed by atoms with Crippen molar-refractivity contribution >= 4 is 21.7 Å². The highest BCUT2D eigenvalue weighted by atomic mass is 32.2. The van der Waals surface area contributed by atoms with Gasteiger partial charge in [-0.1, -0.05) is 6.07 Å². The van der Waals surface area contributed by atoms with Crippen LogP contribution in [-0.2, 0) is 14.6 Å². The minimum Gasteiger partial charge on any atom is -0.481 e. The van der Waals surface area contributed by atoms with Gasteiger partial charge in [-0.2, -0.15) is 0 Å². The number of carboxylic acid groups (broad SMARTS) is 1. The molecule has 1 aromatic carbocycles. The summed E-state index contributed by atoms with van der Waals surface area (Å²) in [4.78, 5) is 25.1. The molecule has 1 aliphatic heterocycles. The summed E-state index contributed by atoms with van der Waals surface area (Å²) in [6.07, 6.45) is 3.53. The molecule has 2 rings (SSSR count). The lowest BCUT2D eigenvalue weighted by Crippen LogP contribution is -2.40. The molecule has 126 valence electrons. The second-order valence-electron chi connectivity index (χ2n) is 5.99. The fraction of sp³-hybridized carbons (Fsp3) is 0.500. The maximum absolute atomic E-state index is 12.6. The second kappa shape index (κ2) is 7.12. The van der Waals surface area contributed by atoms with Gasteiger partial charge in [0.2, 0.25) is 0 Å². The highest BCUT2D eigenvalue weighted by Crippen LogP contribution is 2.23. The molecule has 1 amide bonds. The Labute approximate surface area is 136 Å². The third-order valence-corrected chi connectivity index (χ3v) is 5.19. The van der Waals surface area contributed by atoms with E-state index in [0.717, 1.165) is 19.1 Å². The lowest BCUT2D eigenvalue weighted by atomic mass is 9.93. The van der Waals surface area contributed by atoms with Crippen LogP contribution in [0, 0.1) is 5.92 Å². The first-order valence-electron chi connectivity index (χ1n) is 7.58. The number of hydrogen-bond acceptors (Lipinski definition) is 4. The number of nitrogens with zero attached hydrogens (tertiary/aromatic N) is 1. The van der Waals surface area contributed by atoms with E-state index < -0.39 is 15.8 Å². The summed E-state index contributed by atoms with van der Waals surface area (Å²) in [5.74, 6) is -0.841. The third kappa shape index (κ3) is 4.79. The van der Waals surface area contributed by atoms with Crippen molar-refractivity contribution in [2.75, 3.05) is 19.3 Å². The zero-order valence-electron chi connectivity index (χ0n) is 13.1. The van der Waals surface area contributed by atoms with Crippen LogP contribution in [0.25, 0.3) is 0 Å². The van der Waals surface area contributed by atoms with Gasteiger partial charge in [0.25, 0.3) is 5.91 Å². The number of carbonyl (C=O) groups excluding carboxylic acids is 1. The highest BCUT2D eigenvalue weighted by molar-refractivity contribution is 7.90. The largest absolute Gasteiger partial charge is 0.481 e. The number of aliphatic carboxylic acids is 1. The van der Waals surface area contributed by atoms with Crippen LogP contribution in [0.4, 0.5) is 0 Å². The van der Waals surface area contributed by atoms with Gasteiger partial charge in [-0.3, -0.25) is 9.59 Å². The minimum atomic E-state index is -3.35. The van der Waals surface area contributed by atoms with E-state index in [1.54, 1.807) is 17.0 Å². The van der Waals surface area contributed by atoms with E-state index in [1.807, 2.05) is 0 Å². The fourth-order valence-corrected chi connectivity index (χ4v) is 3.52. The zero-order valence-corrected chi connectivity index (χ0v) is 13.9. The van der Waals surface area contributed by atoms with E-state index in [0.29, 0.717) is 25.1 Å². The Balaban J connectivity index is 2.09. The van der Waals surface area contributed by atoms with Gasteiger partial charge in [-0.25, -0.2) is 8.42 Å². The summed E-state index contributed by atoms with van der Waals surface area (Å²) in [6, 6.07) is 6.05. The van der Waals surface area contributed by atoms with Crippen LogP contribution in [0.1, 0.15) is 36.0 Å². The van der Waals surface area contributed by atoms with Crippen LogP contribution < -0.4 is 0 Å². The van der Waals surface area contributed by atoms with E-state index in [-0.39, 0.29) is 23.1 Å². The molecule has 1 heterocycles. The van der Waals surface area contributed by atoms with Crippen molar-refractivity contribution in [2.24, 2.45) is 5.92 Å². The molecule has 1 N–H and O–H groups in total. The molecule has 1 aromatic rings. The summed E-state index contributed by atoms with van der Waals surface area (Å²) >= 11 is 0. The van der Waals surface area contributed by atoms with Gasteiger partial charge in [0.1, 0.15) is 0 Å². The number of rotatable bonds is 5. The number of hydrogen-bond donors (Lipinski definition) is 1. The van der Waals surface area contributed by atoms with Crippen molar-refractivity contribution < 1.29 is 23.1 Å². The molecule has 0 radical (unpaired) electrons. The van der Waals surface area contributed by atoms with Crippen molar-refractivity contribution in [3.63, 3.8) is 0 Å². The zero-order chi connectivity index (χ0) is 17.0. The molecule has 1 saturated heterocycles. The standard InChI is InChI=1S/C16H21NO5S/c1-23(21,22)14-6-2-5-13(10-14)16(20)17-9-3-4-12(11-17)7-8-15(18)19/h2,5-6,10,12H,3-4,7-9,11H2,1H3,(H,18,19). The number of piperidine rings is 1. The molecule has 0 aromatic heterocycles. The van der Waals surface area contributed by atoms with Gasteiger partial charge in [0.15, 0.2) is 9.84 Å². The van der Waals surface area contributed by atoms with Crippen LogP contribution in [0.2, 0.25) is 0 Å². The number of sulfone groups is 1. The van der Waals surface area contributed by atoms with Crippen molar-refractivity contribution in [2.45, 2.75) is 30.6 Å². The quantitative estimate of drug-likeness (QED) is 0.883. The first-order valence-corrected chi connectivity index (χ1v) is 9.47. The summed E-state index contributed by atoms with van der Waals surface area (Å²) in [6.45, 7) is 1.14. The highest BCUT2D eigenvalue weighted by Gasteiger charge is 2.25. The van der Waals surface area contributed by atoms with Crippen molar-refractivity contribution in [3.05, 3.63) is 29.8 Å². The maximum Gasteiger partial charge on any atom is 0.303 e. The lowest BCUT2D eigenvalue weighted by Gasteiger charge is -2.32. The number of carboxylic acids is 1. The molecule has 1 unspecified atom stereocenters. The van der Waals surface area contributed by atoms with Crippen molar-refractivity contribution in [1.82, 2.24) is 4.90 Å². The Kier molecular flexibility index (Phi) is 5.41. The smallest absolute Gasteiger partial charge is 0.303 e. The molecular weight excluding hydrogens is 318 g/mol. The molecule has 23 heavy (non-hydrogen) atoms. The molecule has 0 spiro atoms. The van der Waals surface area contributed by atoms with Crippen molar-refractivity contribution in [1.29, 1.82) is 0 Å². The molecule has 6 nitrogen and oxygen atoms in total. The third-order valence-electron chi connectivity index (χ3n) is 4.08. The average molecular weight is 339 g/mol. The first kappa shape index (κ1) is 17.5. The SMILES string of the molecule is CS(=O)(=O)c1cccc(C(=O)N2CCCC(CCC(=O)O)C2)c1. The molecule has 0 bridgehead atoms. The van der Waals surface area contributed by atoms with Gasteiger partial charge in [0.05, 0.1) is 4.90 Å². The fourth-order valence-electron chi connectivity index (χ4n) is 2.86. The lowest BCUT2D eigenvalue weighted by molar-refractivity contribution is -0.137. The Bertz CT molecular complexity index is 698. The maximum atomic E-state index is 12.6. The van der Waals surface area contributed by atoms with Gasteiger partial charge in [0, 0.05) is 31.3 Å². The van der Waals surface area contributed by atoms with E-state index in [4.69, 9.17) is 5.11 Å². The Morgan fingerprint density at radius 2 is 2.09 bits per heavy atom.